The van der Waals surface area contributed by atoms with Crippen LogP contribution in [0.5, 0.6) is 11.5 Å². The maximum atomic E-state index is 13.6. The van der Waals surface area contributed by atoms with Crippen LogP contribution in [0.25, 0.3) is 11.0 Å². The van der Waals surface area contributed by atoms with Crippen molar-refractivity contribution in [1.29, 1.82) is 0 Å². The maximum Gasteiger partial charge on any atom is 0.277 e. The van der Waals surface area contributed by atoms with E-state index in [4.69, 9.17) is 18.5 Å². The van der Waals surface area contributed by atoms with Crippen LogP contribution in [0.3, 0.4) is 0 Å². The normalized spacial score (nSPS) is 17.5. The largest absolute Gasteiger partial charge is 0.484 e. The number of H-pyrrole nitrogens is 1. The van der Waals surface area contributed by atoms with Gasteiger partial charge in [0, 0.05) is 11.0 Å². The first-order valence-corrected chi connectivity index (χ1v) is 26.6. The Morgan fingerprint density at radius 1 is 0.618 bits per heavy atom. The number of sulfonamides is 1. The first-order valence-electron chi connectivity index (χ1n) is 24.4. The molecule has 2 saturated heterocycles. The van der Waals surface area contributed by atoms with Crippen LogP contribution in [0.2, 0.25) is 0 Å². The molecule has 4 aliphatic rings. The second kappa shape index (κ2) is 22.3. The average molecular weight is 1130 g/mol. The predicted molar refractivity (Wildman–Crippen MR) is 278 cm³/mol. The van der Waals surface area contributed by atoms with E-state index < -0.39 is 16.1 Å². The number of imidazole rings is 1. The molecule has 3 aromatic heterocycles. The molecule has 0 spiro atoms. The SMILES string of the molecule is Cl.O=C1c2ccccc2C(=O)N1Cc1ccc(OCc2nc([C@@H]3CCCCN3)no2)cc1.O=C1c2ccccc2C(=O)N1Cc1ccc(OCc2nc([C@@H]3CCCCN3S(=O)(=O)c3nc4ccc(Br)cc4[nH]3)no2)cc1. The Morgan fingerprint density at radius 2 is 1.13 bits per heavy atom. The van der Waals surface area contributed by atoms with E-state index in [1.165, 1.54) is 20.5 Å². The van der Waals surface area contributed by atoms with Crippen LogP contribution in [0, 0.1) is 0 Å². The summed E-state index contributed by atoms with van der Waals surface area (Å²) in [6.45, 7) is 1.79. The third-order valence-corrected chi connectivity index (χ3v) is 15.6. The fourth-order valence-corrected chi connectivity index (χ4v) is 11.4. The fraction of sp³-hybridized carbons (Fsp3) is 0.264. The Morgan fingerprint density at radius 3 is 1.66 bits per heavy atom. The minimum absolute atomic E-state index is 0. The number of aromatic nitrogens is 6. The van der Waals surface area contributed by atoms with Gasteiger partial charge in [0.15, 0.2) is 24.9 Å². The Labute approximate surface area is 449 Å². The number of ether oxygens (including phenoxy) is 2. The molecule has 2 N–H and O–H groups in total. The number of piperidine rings is 2. The average Bonchev–Trinajstić information content (AvgIpc) is 4.30. The van der Waals surface area contributed by atoms with Crippen molar-refractivity contribution in [3.63, 3.8) is 0 Å². The standard InChI is InChI=1S/C30H25BrN6O6S.C23H22N4O4.ClH/c31-19-10-13-23-24(15-19)33-30(32-23)44(40,41)37-14-4-3-7-25(37)27-34-26(43-35-27)17-42-20-11-8-18(9-12-20)16-36-28(38)21-5-1-2-6-22(21)29(36)39;28-22-17-5-1-2-6-18(17)23(29)27(22)13-15-8-10-16(11-9-15)30-14-20-25-21(26-31-20)19-7-3-4-12-24-19;/h1-2,5-6,8-13,15,25H,3-4,7,14,16-17H2,(H,32,33);1-2,5-6,8-11,19,24H,3-4,7,12-14H2;1H/t25-;19-;/m00./s1. The molecule has 0 unspecified atom stereocenters. The highest BCUT2D eigenvalue weighted by Crippen LogP contribution is 2.35. The summed E-state index contributed by atoms with van der Waals surface area (Å²) in [4.78, 5) is 69.0. The minimum Gasteiger partial charge on any atom is -0.484 e. The summed E-state index contributed by atoms with van der Waals surface area (Å²) in [5.74, 6) is 1.58. The minimum atomic E-state index is -3.96. The van der Waals surface area contributed by atoms with Crippen molar-refractivity contribution in [3.05, 3.63) is 177 Å². The van der Waals surface area contributed by atoms with Gasteiger partial charge in [-0.2, -0.15) is 14.3 Å². The quantitative estimate of drug-likeness (QED) is 0.0966. The highest BCUT2D eigenvalue weighted by atomic mass is 79.9. The van der Waals surface area contributed by atoms with Crippen molar-refractivity contribution in [2.24, 2.45) is 0 Å². The third-order valence-electron chi connectivity index (χ3n) is 13.3. The Bertz CT molecular complexity index is 3500. The number of aromatic amines is 1. The van der Waals surface area contributed by atoms with Gasteiger partial charge in [-0.05, 0) is 110 Å². The molecule has 5 aromatic carbocycles. The van der Waals surface area contributed by atoms with Gasteiger partial charge in [-0.25, -0.2) is 13.4 Å². The predicted octanol–water partition coefficient (Wildman–Crippen LogP) is 8.68. The second-order valence-corrected chi connectivity index (χ2v) is 21.0. The van der Waals surface area contributed by atoms with E-state index in [2.05, 4.69) is 51.5 Å². The summed E-state index contributed by atoms with van der Waals surface area (Å²) >= 11 is 3.40. The van der Waals surface area contributed by atoms with Crippen molar-refractivity contribution in [3.8, 4) is 11.5 Å². The van der Waals surface area contributed by atoms with Crippen LogP contribution in [0.1, 0.15) is 127 Å². The molecule has 0 aliphatic carbocycles. The highest BCUT2D eigenvalue weighted by Gasteiger charge is 2.40. The van der Waals surface area contributed by atoms with Crippen molar-refractivity contribution >= 4 is 73.0 Å². The number of hydrogen-bond acceptors (Lipinski definition) is 16. The van der Waals surface area contributed by atoms with E-state index in [0.29, 0.717) is 75.9 Å². The first kappa shape index (κ1) is 51.8. The summed E-state index contributed by atoms with van der Waals surface area (Å²) in [6, 6.07) is 32.8. The summed E-state index contributed by atoms with van der Waals surface area (Å²) in [5, 5.41) is 11.4. The Kier molecular flexibility index (Phi) is 15.2. The summed E-state index contributed by atoms with van der Waals surface area (Å²) < 4.78 is 51.8. The van der Waals surface area contributed by atoms with Crippen molar-refractivity contribution in [1.82, 2.24) is 49.7 Å². The lowest BCUT2D eigenvalue weighted by Crippen LogP contribution is -2.39. The molecule has 0 bridgehead atoms. The lowest BCUT2D eigenvalue weighted by molar-refractivity contribution is 0.0627. The van der Waals surface area contributed by atoms with Crippen LogP contribution in [-0.2, 0) is 36.3 Å². The first-order chi connectivity index (χ1) is 36.5. The lowest BCUT2D eigenvalue weighted by Gasteiger charge is -2.31. The zero-order valence-corrected chi connectivity index (χ0v) is 43.7. The molecular weight excluding hydrogens is 1080 g/mol. The van der Waals surface area contributed by atoms with Gasteiger partial charge in [0.1, 0.15) is 11.5 Å². The zero-order chi connectivity index (χ0) is 51.6. The van der Waals surface area contributed by atoms with E-state index in [1.807, 2.05) is 12.1 Å². The van der Waals surface area contributed by atoms with E-state index >= 15 is 0 Å². The van der Waals surface area contributed by atoms with Gasteiger partial charge in [0.05, 0.1) is 58.5 Å². The third kappa shape index (κ3) is 10.8. The van der Waals surface area contributed by atoms with Gasteiger partial charge >= 0.3 is 0 Å². The summed E-state index contributed by atoms with van der Waals surface area (Å²) in [7, 11) is -3.96. The molecule has 76 heavy (non-hydrogen) atoms. The molecule has 8 aromatic rings. The van der Waals surface area contributed by atoms with Gasteiger partial charge in [0.2, 0.25) is 5.16 Å². The van der Waals surface area contributed by atoms with E-state index in [1.54, 1.807) is 103 Å². The maximum absolute atomic E-state index is 13.6. The van der Waals surface area contributed by atoms with Gasteiger partial charge < -0.3 is 28.8 Å². The molecular formula is C53H48BrClN10O10S. The van der Waals surface area contributed by atoms with Crippen LogP contribution in [0.4, 0.5) is 0 Å². The number of nitrogens with one attached hydrogen (secondary N) is 2. The lowest BCUT2D eigenvalue weighted by atomic mass is 10.0. The Hall–Kier alpha value is -7.63. The molecule has 7 heterocycles. The molecule has 390 valence electrons. The summed E-state index contributed by atoms with van der Waals surface area (Å²) in [6.07, 6.45) is 5.40. The summed E-state index contributed by atoms with van der Waals surface area (Å²) in [5.41, 5.74) is 4.50. The molecule has 0 saturated carbocycles. The van der Waals surface area contributed by atoms with Crippen molar-refractivity contribution < 1.29 is 46.1 Å². The molecule has 12 rings (SSSR count). The smallest absolute Gasteiger partial charge is 0.277 e. The number of carbonyl (C=O) groups excluding carboxylic acids is 4. The number of rotatable bonds is 14. The van der Waals surface area contributed by atoms with Crippen LogP contribution < -0.4 is 14.8 Å². The van der Waals surface area contributed by atoms with Crippen LogP contribution in [0.15, 0.2) is 134 Å². The monoisotopic (exact) mass is 1130 g/mol. The van der Waals surface area contributed by atoms with E-state index in [0.717, 1.165) is 41.4 Å². The number of nitrogens with zero attached hydrogens (tertiary/aromatic N) is 8. The molecule has 20 nitrogen and oxygen atoms in total. The number of carbonyl (C=O) groups is 4. The van der Waals surface area contributed by atoms with Gasteiger partial charge in [-0.3, -0.25) is 29.0 Å². The van der Waals surface area contributed by atoms with Gasteiger partial charge in [0.25, 0.3) is 45.4 Å². The molecule has 2 atom stereocenters. The van der Waals surface area contributed by atoms with E-state index in [-0.39, 0.29) is 85.3 Å². The number of imide groups is 2. The highest BCUT2D eigenvalue weighted by molar-refractivity contribution is 9.10. The van der Waals surface area contributed by atoms with Gasteiger partial charge in [-0.15, -0.1) is 12.4 Å². The van der Waals surface area contributed by atoms with E-state index in [9.17, 15) is 27.6 Å². The second-order valence-electron chi connectivity index (χ2n) is 18.3. The molecule has 2 fully saturated rings. The molecule has 0 radical (unpaired) electrons. The Balaban J connectivity index is 0.000000181. The molecule has 4 amide bonds. The fourth-order valence-electron chi connectivity index (χ4n) is 9.45. The van der Waals surface area contributed by atoms with Crippen molar-refractivity contribution in [2.45, 2.75) is 82.1 Å². The number of amides is 4. The number of halogens is 2. The molecule has 23 heteroatoms. The number of hydrogen-bond donors (Lipinski definition) is 2. The molecule has 4 aliphatic heterocycles. The van der Waals surface area contributed by atoms with Gasteiger partial charge in [-0.1, -0.05) is 87.6 Å². The number of benzene rings is 5. The van der Waals surface area contributed by atoms with Crippen molar-refractivity contribution in [2.75, 3.05) is 13.1 Å². The zero-order valence-electron chi connectivity index (χ0n) is 40.5. The van der Waals surface area contributed by atoms with Crippen LogP contribution in [-0.4, -0.2) is 89.5 Å². The van der Waals surface area contributed by atoms with Crippen LogP contribution >= 0.6 is 28.3 Å². The number of fused-ring (bicyclic) bond motifs is 3. The topological polar surface area (TPSA) is 249 Å².